The molecule has 0 saturated heterocycles. The van der Waals surface area contributed by atoms with E-state index < -0.39 is 15.9 Å². The van der Waals surface area contributed by atoms with E-state index in [1.165, 1.54) is 32.4 Å². The molecule has 0 radical (unpaired) electrons. The number of carbonyl (C=O) groups is 1. The summed E-state index contributed by atoms with van der Waals surface area (Å²) in [5.41, 5.74) is 2.99. The van der Waals surface area contributed by atoms with Crippen molar-refractivity contribution in [2.45, 2.75) is 31.6 Å². The summed E-state index contributed by atoms with van der Waals surface area (Å²) in [7, 11) is -1.49. The molecule has 146 valence electrons. The summed E-state index contributed by atoms with van der Waals surface area (Å²) in [5, 5.41) is 2.93. The van der Waals surface area contributed by atoms with E-state index in [1.807, 2.05) is 32.0 Å². The zero-order valence-electron chi connectivity index (χ0n) is 15.7. The molecule has 0 spiro atoms. The van der Waals surface area contributed by atoms with Gasteiger partial charge in [-0.05, 0) is 42.2 Å². The van der Waals surface area contributed by atoms with Crippen LogP contribution in [-0.4, -0.2) is 33.0 Å². The van der Waals surface area contributed by atoms with Crippen molar-refractivity contribution < 1.29 is 18.0 Å². The van der Waals surface area contributed by atoms with Crippen LogP contribution in [0, 0.1) is 0 Å². The molecular formula is C19H23ClN2O4S. The van der Waals surface area contributed by atoms with Crippen LogP contribution in [0.4, 0.5) is 5.69 Å². The highest BCUT2D eigenvalue weighted by Gasteiger charge is 2.25. The second-order valence-corrected chi connectivity index (χ2v) is 8.17. The van der Waals surface area contributed by atoms with Crippen molar-refractivity contribution in [2.24, 2.45) is 0 Å². The summed E-state index contributed by atoms with van der Waals surface area (Å²) < 4.78 is 25.7. The van der Waals surface area contributed by atoms with E-state index in [4.69, 9.17) is 16.4 Å². The Bertz CT molecular complexity index is 922. The van der Waals surface area contributed by atoms with E-state index in [9.17, 15) is 13.2 Å². The van der Waals surface area contributed by atoms with Crippen LogP contribution in [0.2, 0.25) is 5.02 Å². The van der Waals surface area contributed by atoms with Gasteiger partial charge in [0.15, 0.2) is 0 Å². The molecule has 1 N–H and O–H groups in total. The number of benzene rings is 2. The first-order valence-corrected chi connectivity index (χ1v) is 10.3. The Morgan fingerprint density at radius 1 is 1.15 bits per heavy atom. The fourth-order valence-corrected chi connectivity index (χ4v) is 4.14. The van der Waals surface area contributed by atoms with Gasteiger partial charge in [0, 0.05) is 18.3 Å². The Hall–Kier alpha value is -1.93. The van der Waals surface area contributed by atoms with Crippen LogP contribution in [0.15, 0.2) is 41.3 Å². The molecule has 0 atom stereocenters. The van der Waals surface area contributed by atoms with E-state index in [1.54, 1.807) is 0 Å². The van der Waals surface area contributed by atoms with Crippen LogP contribution in [0.1, 0.15) is 35.3 Å². The molecule has 0 bridgehead atoms. The lowest BCUT2D eigenvalue weighted by atomic mass is 10.0. The second-order valence-electron chi connectivity index (χ2n) is 5.86. The Morgan fingerprint density at radius 2 is 1.74 bits per heavy atom. The normalized spacial score (nSPS) is 11.6. The molecule has 6 nitrogen and oxygen atoms in total. The molecule has 0 unspecified atom stereocenters. The number of para-hydroxylation sites is 1. The van der Waals surface area contributed by atoms with Gasteiger partial charge < -0.3 is 5.32 Å². The van der Waals surface area contributed by atoms with Gasteiger partial charge in [0.1, 0.15) is 4.90 Å². The highest BCUT2D eigenvalue weighted by atomic mass is 35.5. The van der Waals surface area contributed by atoms with Crippen LogP contribution in [-0.2, 0) is 27.7 Å². The third-order valence-corrected chi connectivity index (χ3v) is 6.47. The first kappa shape index (κ1) is 21.4. The van der Waals surface area contributed by atoms with E-state index >= 15 is 0 Å². The van der Waals surface area contributed by atoms with Gasteiger partial charge in [0.25, 0.3) is 15.9 Å². The lowest BCUT2D eigenvalue weighted by Crippen LogP contribution is -2.26. The summed E-state index contributed by atoms with van der Waals surface area (Å²) in [6, 6.07) is 10.0. The number of nitrogens with one attached hydrogen (secondary N) is 1. The van der Waals surface area contributed by atoms with E-state index in [2.05, 4.69) is 5.32 Å². The molecule has 0 aliphatic carbocycles. The molecule has 0 fully saturated rings. The number of hydrogen-bond acceptors (Lipinski definition) is 4. The monoisotopic (exact) mass is 410 g/mol. The van der Waals surface area contributed by atoms with Crippen LogP contribution < -0.4 is 5.32 Å². The Kier molecular flexibility index (Phi) is 7.00. The van der Waals surface area contributed by atoms with Crippen LogP contribution in [0.3, 0.4) is 0 Å². The van der Waals surface area contributed by atoms with Crippen molar-refractivity contribution in [1.29, 1.82) is 0 Å². The number of hydrogen-bond donors (Lipinski definition) is 1. The van der Waals surface area contributed by atoms with Gasteiger partial charge in [-0.25, -0.2) is 8.42 Å². The summed E-state index contributed by atoms with van der Waals surface area (Å²) in [4.78, 5) is 17.4. The second kappa shape index (κ2) is 8.84. The number of rotatable bonds is 7. The molecule has 8 heteroatoms. The van der Waals surface area contributed by atoms with E-state index in [-0.39, 0.29) is 15.5 Å². The number of anilines is 1. The number of halogens is 1. The number of sulfonamides is 1. The molecule has 2 aromatic carbocycles. The smallest absolute Gasteiger partial charge is 0.266 e. The number of hydroxylamine groups is 1. The number of nitrogens with zero attached hydrogens (tertiary/aromatic N) is 1. The quantitative estimate of drug-likeness (QED) is 0.702. The number of carbonyl (C=O) groups excluding carboxylic acids is 1. The van der Waals surface area contributed by atoms with Crippen molar-refractivity contribution in [3.63, 3.8) is 0 Å². The summed E-state index contributed by atoms with van der Waals surface area (Å²) in [6.45, 7) is 4.02. The van der Waals surface area contributed by atoms with Gasteiger partial charge >= 0.3 is 0 Å². The molecule has 1 amide bonds. The molecule has 27 heavy (non-hydrogen) atoms. The first-order chi connectivity index (χ1) is 12.8. The molecule has 2 aromatic rings. The third kappa shape index (κ3) is 4.50. The standard InChI is InChI=1S/C19H23ClN2O4S/c1-5-13-8-7-9-14(6-2)18(13)21-19(23)15-10-11-16(20)17(12-15)27(24,25)22(3)26-4/h7-12H,5-6H2,1-4H3,(H,21,23). The lowest BCUT2D eigenvalue weighted by Gasteiger charge is -2.17. The molecular weight excluding hydrogens is 388 g/mol. The van der Waals surface area contributed by atoms with Crippen molar-refractivity contribution in [3.8, 4) is 0 Å². The highest BCUT2D eigenvalue weighted by molar-refractivity contribution is 7.89. The van der Waals surface area contributed by atoms with Gasteiger partial charge in [-0.1, -0.05) is 48.1 Å². The minimum atomic E-state index is -3.98. The predicted molar refractivity (Wildman–Crippen MR) is 107 cm³/mol. The molecule has 0 saturated carbocycles. The molecule has 0 heterocycles. The van der Waals surface area contributed by atoms with Crippen molar-refractivity contribution in [3.05, 3.63) is 58.1 Å². The Morgan fingerprint density at radius 3 is 2.26 bits per heavy atom. The zero-order chi connectivity index (χ0) is 20.2. The van der Waals surface area contributed by atoms with Gasteiger partial charge in [-0.2, -0.15) is 0 Å². The van der Waals surface area contributed by atoms with Gasteiger partial charge in [-0.15, -0.1) is 0 Å². The highest BCUT2D eigenvalue weighted by Crippen LogP contribution is 2.27. The average Bonchev–Trinajstić information content (AvgIpc) is 2.67. The zero-order valence-corrected chi connectivity index (χ0v) is 17.3. The van der Waals surface area contributed by atoms with Crippen molar-refractivity contribution in [2.75, 3.05) is 19.5 Å². The minimum absolute atomic E-state index is 0.0126. The Balaban J connectivity index is 2.44. The van der Waals surface area contributed by atoms with E-state index in [0.29, 0.717) is 4.47 Å². The van der Waals surface area contributed by atoms with Gasteiger partial charge in [-0.3, -0.25) is 9.63 Å². The maximum absolute atomic E-state index is 12.8. The van der Waals surface area contributed by atoms with Crippen LogP contribution in [0.25, 0.3) is 0 Å². The van der Waals surface area contributed by atoms with Gasteiger partial charge in [0.05, 0.1) is 12.1 Å². The van der Waals surface area contributed by atoms with Crippen molar-refractivity contribution in [1.82, 2.24) is 4.47 Å². The SMILES string of the molecule is CCc1cccc(CC)c1NC(=O)c1ccc(Cl)c(S(=O)(=O)N(C)OC)c1. The Labute approximate surface area is 165 Å². The first-order valence-electron chi connectivity index (χ1n) is 8.50. The summed E-state index contributed by atoms with van der Waals surface area (Å²) in [5.74, 6) is -0.404. The summed E-state index contributed by atoms with van der Waals surface area (Å²) in [6.07, 6.45) is 1.53. The topological polar surface area (TPSA) is 75.7 Å². The largest absolute Gasteiger partial charge is 0.321 e. The van der Waals surface area contributed by atoms with Crippen molar-refractivity contribution >= 4 is 33.2 Å². The molecule has 2 rings (SSSR count). The van der Waals surface area contributed by atoms with Crippen LogP contribution in [0.5, 0.6) is 0 Å². The number of amides is 1. The third-order valence-electron chi connectivity index (χ3n) is 4.30. The predicted octanol–water partition coefficient (Wildman–Crippen LogP) is 3.90. The maximum Gasteiger partial charge on any atom is 0.266 e. The maximum atomic E-state index is 12.8. The van der Waals surface area contributed by atoms with Gasteiger partial charge in [0.2, 0.25) is 0 Å². The number of aryl methyl sites for hydroxylation is 2. The fourth-order valence-electron chi connectivity index (χ4n) is 2.67. The average molecular weight is 411 g/mol. The lowest BCUT2D eigenvalue weighted by molar-refractivity contribution is -0.0258. The molecule has 0 aliphatic rings. The summed E-state index contributed by atoms with van der Waals surface area (Å²) >= 11 is 6.05. The molecule has 0 aliphatic heterocycles. The molecule has 0 aromatic heterocycles. The van der Waals surface area contributed by atoms with E-state index in [0.717, 1.165) is 29.7 Å². The van der Waals surface area contributed by atoms with Crippen LogP contribution >= 0.6 is 11.6 Å². The minimum Gasteiger partial charge on any atom is -0.321 e. The fraction of sp³-hybridized carbons (Fsp3) is 0.316.